The average Bonchev–Trinajstić information content (AvgIpc) is 2.39. The number of aliphatic hydroxyl groups excluding tert-OH is 1. The van der Waals surface area contributed by atoms with Crippen LogP contribution in [0.15, 0.2) is 24.3 Å². The minimum Gasteiger partial charge on any atom is -0.396 e. The van der Waals surface area contributed by atoms with Crippen molar-refractivity contribution < 1.29 is 9.90 Å². The lowest BCUT2D eigenvalue weighted by molar-refractivity contribution is -0.127. The predicted octanol–water partition coefficient (Wildman–Crippen LogP) is 1.41. The highest BCUT2D eigenvalue weighted by molar-refractivity contribution is 5.98. The molecule has 1 saturated heterocycles. The first-order valence-electron chi connectivity index (χ1n) is 6.75. The molecule has 0 spiro atoms. The maximum Gasteiger partial charge on any atom is 0.244 e. The fourth-order valence-electron chi connectivity index (χ4n) is 2.62. The molecule has 1 fully saturated rings. The molecule has 0 radical (unpaired) electrons. The molecule has 1 N–H and O–H groups in total. The molecule has 4 heteroatoms. The van der Waals surface area contributed by atoms with Gasteiger partial charge in [0.25, 0.3) is 0 Å². The lowest BCUT2D eigenvalue weighted by atomic mass is 10.0. The van der Waals surface area contributed by atoms with Crippen LogP contribution in [0.5, 0.6) is 0 Å². The van der Waals surface area contributed by atoms with Crippen molar-refractivity contribution in [2.24, 2.45) is 0 Å². The van der Waals surface area contributed by atoms with Crippen LogP contribution in [0.3, 0.4) is 0 Å². The van der Waals surface area contributed by atoms with Gasteiger partial charge in [0.05, 0.1) is 6.04 Å². The third kappa shape index (κ3) is 2.80. The van der Waals surface area contributed by atoms with Crippen molar-refractivity contribution in [2.75, 3.05) is 25.1 Å². The number of rotatable bonds is 3. The molecular formula is C15H22N2O2. The third-order valence-corrected chi connectivity index (χ3v) is 3.90. The summed E-state index contributed by atoms with van der Waals surface area (Å²) in [7, 11) is 1.95. The molecule has 0 aromatic heterocycles. The van der Waals surface area contributed by atoms with Crippen LogP contribution in [0.2, 0.25) is 0 Å². The van der Waals surface area contributed by atoms with Crippen molar-refractivity contribution in [3.05, 3.63) is 29.8 Å². The van der Waals surface area contributed by atoms with E-state index in [4.69, 9.17) is 5.11 Å². The van der Waals surface area contributed by atoms with Crippen molar-refractivity contribution in [3.8, 4) is 0 Å². The molecule has 2 rings (SSSR count). The average molecular weight is 262 g/mol. The summed E-state index contributed by atoms with van der Waals surface area (Å²) in [6.45, 7) is 4.87. The fourth-order valence-corrected chi connectivity index (χ4v) is 2.62. The SMILES string of the molecule is Cc1cccc(N2CC(C)N(C)C(CCO)C2=O)c1. The van der Waals surface area contributed by atoms with Crippen LogP contribution in [0, 0.1) is 6.92 Å². The Balaban J connectivity index is 2.28. The number of hydrogen-bond donors (Lipinski definition) is 1. The van der Waals surface area contributed by atoms with Gasteiger partial charge in [0.2, 0.25) is 5.91 Å². The molecule has 1 aromatic carbocycles. The Morgan fingerprint density at radius 1 is 1.42 bits per heavy atom. The number of hydrogen-bond acceptors (Lipinski definition) is 3. The second kappa shape index (κ2) is 5.72. The van der Waals surface area contributed by atoms with Gasteiger partial charge in [-0.1, -0.05) is 12.1 Å². The summed E-state index contributed by atoms with van der Waals surface area (Å²) >= 11 is 0. The Morgan fingerprint density at radius 2 is 2.16 bits per heavy atom. The zero-order valence-electron chi connectivity index (χ0n) is 11.8. The van der Waals surface area contributed by atoms with E-state index in [0.29, 0.717) is 13.0 Å². The maximum atomic E-state index is 12.6. The maximum absolute atomic E-state index is 12.6. The fraction of sp³-hybridized carbons (Fsp3) is 0.533. The molecule has 1 amide bonds. The standard InChI is InChI=1S/C15H22N2O2/c1-11-5-4-6-13(9-11)17-10-12(2)16(3)14(7-8-18)15(17)19/h4-6,9,12,14,18H,7-8,10H2,1-3H3. The van der Waals surface area contributed by atoms with Crippen molar-refractivity contribution in [1.82, 2.24) is 4.90 Å². The minimum atomic E-state index is -0.228. The lowest BCUT2D eigenvalue weighted by Gasteiger charge is -2.43. The molecule has 104 valence electrons. The van der Waals surface area contributed by atoms with E-state index in [2.05, 4.69) is 11.8 Å². The Labute approximate surface area is 114 Å². The van der Waals surface area contributed by atoms with E-state index in [1.165, 1.54) is 0 Å². The first kappa shape index (κ1) is 14.0. The highest BCUT2D eigenvalue weighted by atomic mass is 16.3. The smallest absolute Gasteiger partial charge is 0.244 e. The third-order valence-electron chi connectivity index (χ3n) is 3.90. The van der Waals surface area contributed by atoms with Gasteiger partial charge in [-0.3, -0.25) is 9.69 Å². The van der Waals surface area contributed by atoms with Crippen LogP contribution in [0.1, 0.15) is 18.9 Å². The molecule has 1 aliphatic heterocycles. The van der Waals surface area contributed by atoms with Crippen LogP contribution in [-0.2, 0) is 4.79 Å². The van der Waals surface area contributed by atoms with E-state index in [0.717, 1.165) is 11.3 Å². The van der Waals surface area contributed by atoms with Crippen molar-refractivity contribution in [2.45, 2.75) is 32.4 Å². The first-order chi connectivity index (χ1) is 9.04. The quantitative estimate of drug-likeness (QED) is 0.896. The van der Waals surface area contributed by atoms with Gasteiger partial charge in [0, 0.05) is 24.9 Å². The van der Waals surface area contributed by atoms with Crippen molar-refractivity contribution in [3.63, 3.8) is 0 Å². The summed E-state index contributed by atoms with van der Waals surface area (Å²) in [5.41, 5.74) is 2.10. The Morgan fingerprint density at radius 3 is 2.79 bits per heavy atom. The van der Waals surface area contributed by atoms with E-state index >= 15 is 0 Å². The Hall–Kier alpha value is -1.39. The van der Waals surface area contributed by atoms with Gasteiger partial charge in [-0.05, 0) is 45.0 Å². The zero-order chi connectivity index (χ0) is 14.0. The summed E-state index contributed by atoms with van der Waals surface area (Å²) in [5.74, 6) is 0.0836. The number of piperazine rings is 1. The molecule has 19 heavy (non-hydrogen) atoms. The van der Waals surface area contributed by atoms with Gasteiger partial charge < -0.3 is 10.0 Å². The van der Waals surface area contributed by atoms with Gasteiger partial charge in [0.15, 0.2) is 0 Å². The summed E-state index contributed by atoms with van der Waals surface area (Å²) in [6, 6.07) is 8.06. The largest absolute Gasteiger partial charge is 0.396 e. The van der Waals surface area contributed by atoms with Crippen molar-refractivity contribution >= 4 is 11.6 Å². The molecular weight excluding hydrogens is 240 g/mol. The molecule has 1 aromatic rings. The van der Waals surface area contributed by atoms with Gasteiger partial charge in [-0.15, -0.1) is 0 Å². The Kier molecular flexibility index (Phi) is 4.22. The second-order valence-corrected chi connectivity index (χ2v) is 5.33. The number of aryl methyl sites for hydroxylation is 1. The topological polar surface area (TPSA) is 43.8 Å². The molecule has 4 nitrogen and oxygen atoms in total. The first-order valence-corrected chi connectivity index (χ1v) is 6.75. The van der Waals surface area contributed by atoms with Gasteiger partial charge in [0.1, 0.15) is 0 Å². The number of amides is 1. The molecule has 1 heterocycles. The zero-order valence-corrected chi connectivity index (χ0v) is 11.8. The minimum absolute atomic E-state index is 0.0368. The molecule has 0 aliphatic carbocycles. The summed E-state index contributed by atoms with van der Waals surface area (Å²) in [4.78, 5) is 16.5. The summed E-state index contributed by atoms with van der Waals surface area (Å²) in [5, 5.41) is 9.14. The Bertz CT molecular complexity index is 461. The molecule has 2 atom stereocenters. The summed E-state index contributed by atoms with van der Waals surface area (Å²) in [6.07, 6.45) is 0.488. The molecule has 0 saturated carbocycles. The molecule has 0 bridgehead atoms. The van der Waals surface area contributed by atoms with Gasteiger partial charge >= 0.3 is 0 Å². The number of aliphatic hydroxyl groups is 1. The van der Waals surface area contributed by atoms with Crippen LogP contribution in [0.4, 0.5) is 5.69 Å². The van der Waals surface area contributed by atoms with Crippen LogP contribution in [-0.4, -0.2) is 48.2 Å². The van der Waals surface area contributed by atoms with E-state index in [9.17, 15) is 4.79 Å². The van der Waals surface area contributed by atoms with Crippen LogP contribution in [0.25, 0.3) is 0 Å². The number of anilines is 1. The van der Waals surface area contributed by atoms with Gasteiger partial charge in [-0.2, -0.15) is 0 Å². The monoisotopic (exact) mass is 262 g/mol. The number of carbonyl (C=O) groups is 1. The van der Waals surface area contributed by atoms with Crippen LogP contribution >= 0.6 is 0 Å². The molecule has 1 aliphatic rings. The predicted molar refractivity (Wildman–Crippen MR) is 76.2 cm³/mol. The van der Waals surface area contributed by atoms with E-state index in [1.54, 1.807) is 0 Å². The second-order valence-electron chi connectivity index (χ2n) is 5.33. The lowest BCUT2D eigenvalue weighted by Crippen LogP contribution is -2.60. The van der Waals surface area contributed by atoms with E-state index in [1.807, 2.05) is 43.1 Å². The summed E-state index contributed by atoms with van der Waals surface area (Å²) < 4.78 is 0. The highest BCUT2D eigenvalue weighted by Crippen LogP contribution is 2.24. The number of carbonyl (C=O) groups excluding carboxylic acids is 1. The highest BCUT2D eigenvalue weighted by Gasteiger charge is 2.36. The number of likely N-dealkylation sites (N-methyl/N-ethyl adjacent to an activating group) is 1. The number of nitrogens with zero attached hydrogens (tertiary/aromatic N) is 2. The number of benzene rings is 1. The normalized spacial score (nSPS) is 24.8. The van der Waals surface area contributed by atoms with Crippen LogP contribution < -0.4 is 4.90 Å². The van der Waals surface area contributed by atoms with E-state index < -0.39 is 0 Å². The molecule has 2 unspecified atom stereocenters. The van der Waals surface area contributed by atoms with E-state index in [-0.39, 0.29) is 24.6 Å². The van der Waals surface area contributed by atoms with Crippen molar-refractivity contribution in [1.29, 1.82) is 0 Å². The van der Waals surface area contributed by atoms with Gasteiger partial charge in [-0.25, -0.2) is 0 Å².